The standard InChI is InChI=1S/C11H13BrN2O2/c12-10-1-8(3-13-4-10)5-14-6-9(7-14)2-11(15)16/h1,3-4,9H,2,5-7H2,(H,15,16). The number of likely N-dealkylation sites (tertiary alicyclic amines) is 1. The van der Waals surface area contributed by atoms with Crippen molar-refractivity contribution in [2.45, 2.75) is 13.0 Å². The van der Waals surface area contributed by atoms with Gasteiger partial charge in [0.05, 0.1) is 6.42 Å². The van der Waals surface area contributed by atoms with Crippen LogP contribution in [0.2, 0.25) is 0 Å². The fraction of sp³-hybridized carbons (Fsp3) is 0.455. The van der Waals surface area contributed by atoms with Crippen LogP contribution in [0.3, 0.4) is 0 Å². The molecular formula is C11H13BrN2O2. The zero-order valence-corrected chi connectivity index (χ0v) is 10.4. The van der Waals surface area contributed by atoms with Crippen LogP contribution in [0.4, 0.5) is 0 Å². The Morgan fingerprint density at radius 3 is 2.94 bits per heavy atom. The highest BCUT2D eigenvalue weighted by atomic mass is 79.9. The lowest BCUT2D eigenvalue weighted by molar-refractivity contribution is -0.139. The van der Waals surface area contributed by atoms with Crippen molar-refractivity contribution in [3.05, 3.63) is 28.5 Å². The van der Waals surface area contributed by atoms with Crippen LogP contribution in [0.15, 0.2) is 22.9 Å². The summed E-state index contributed by atoms with van der Waals surface area (Å²) in [5, 5.41) is 8.63. The number of hydrogen-bond acceptors (Lipinski definition) is 3. The summed E-state index contributed by atoms with van der Waals surface area (Å²) in [4.78, 5) is 16.8. The van der Waals surface area contributed by atoms with E-state index in [0.29, 0.717) is 5.92 Å². The normalized spacial score (nSPS) is 17.1. The van der Waals surface area contributed by atoms with Crippen molar-refractivity contribution < 1.29 is 9.90 Å². The molecule has 0 spiro atoms. The first-order chi connectivity index (χ1) is 7.63. The van der Waals surface area contributed by atoms with Crippen molar-refractivity contribution in [1.29, 1.82) is 0 Å². The minimum absolute atomic E-state index is 0.285. The molecule has 0 radical (unpaired) electrons. The molecule has 1 aliphatic heterocycles. The number of halogens is 1. The van der Waals surface area contributed by atoms with E-state index in [1.807, 2.05) is 12.3 Å². The smallest absolute Gasteiger partial charge is 0.303 e. The van der Waals surface area contributed by atoms with Gasteiger partial charge in [0.25, 0.3) is 0 Å². The van der Waals surface area contributed by atoms with Crippen LogP contribution in [0.25, 0.3) is 0 Å². The molecule has 0 amide bonds. The summed E-state index contributed by atoms with van der Waals surface area (Å²) < 4.78 is 0.979. The molecule has 1 aromatic rings. The molecule has 0 aromatic carbocycles. The molecule has 1 aromatic heterocycles. The Hall–Kier alpha value is -0.940. The van der Waals surface area contributed by atoms with Crippen molar-refractivity contribution in [2.75, 3.05) is 13.1 Å². The fourth-order valence-electron chi connectivity index (χ4n) is 1.98. The molecule has 0 atom stereocenters. The summed E-state index contributed by atoms with van der Waals surface area (Å²) in [6, 6.07) is 2.04. The van der Waals surface area contributed by atoms with E-state index in [4.69, 9.17) is 5.11 Å². The maximum absolute atomic E-state index is 10.5. The van der Waals surface area contributed by atoms with Crippen molar-refractivity contribution in [2.24, 2.45) is 5.92 Å². The first-order valence-corrected chi connectivity index (χ1v) is 5.96. The molecule has 0 saturated carbocycles. The molecule has 86 valence electrons. The lowest BCUT2D eigenvalue weighted by Gasteiger charge is -2.38. The van der Waals surface area contributed by atoms with Crippen molar-refractivity contribution in [1.82, 2.24) is 9.88 Å². The number of pyridine rings is 1. The van der Waals surface area contributed by atoms with Crippen LogP contribution >= 0.6 is 15.9 Å². The highest BCUT2D eigenvalue weighted by Crippen LogP contribution is 2.21. The van der Waals surface area contributed by atoms with E-state index in [9.17, 15) is 4.79 Å². The summed E-state index contributed by atoms with van der Waals surface area (Å²) >= 11 is 3.38. The second kappa shape index (κ2) is 4.93. The third-order valence-electron chi connectivity index (χ3n) is 2.66. The van der Waals surface area contributed by atoms with E-state index >= 15 is 0 Å². The van der Waals surface area contributed by atoms with Gasteiger partial charge in [0.2, 0.25) is 0 Å². The second-order valence-electron chi connectivity index (χ2n) is 4.17. The maximum atomic E-state index is 10.5. The van der Waals surface area contributed by atoms with Gasteiger partial charge in [-0.1, -0.05) is 0 Å². The molecule has 1 saturated heterocycles. The van der Waals surface area contributed by atoms with Crippen LogP contribution in [0.5, 0.6) is 0 Å². The van der Waals surface area contributed by atoms with Gasteiger partial charge in [0.15, 0.2) is 0 Å². The molecule has 1 aliphatic rings. The predicted octanol–water partition coefficient (Wildman–Crippen LogP) is 1.75. The molecule has 2 rings (SSSR count). The van der Waals surface area contributed by atoms with E-state index in [0.717, 1.165) is 29.7 Å². The van der Waals surface area contributed by atoms with Crippen LogP contribution in [-0.4, -0.2) is 34.0 Å². The molecule has 4 nitrogen and oxygen atoms in total. The predicted molar refractivity (Wildman–Crippen MR) is 63.0 cm³/mol. The molecule has 0 bridgehead atoms. The summed E-state index contributed by atoms with van der Waals surface area (Å²) in [6.07, 6.45) is 3.88. The Morgan fingerprint density at radius 2 is 2.31 bits per heavy atom. The Bertz CT molecular complexity index is 391. The Labute approximate surface area is 102 Å². The summed E-state index contributed by atoms with van der Waals surface area (Å²) in [5.41, 5.74) is 1.16. The van der Waals surface area contributed by atoms with E-state index < -0.39 is 5.97 Å². The molecule has 0 unspecified atom stereocenters. The highest BCUT2D eigenvalue weighted by molar-refractivity contribution is 9.10. The first kappa shape index (κ1) is 11.5. The van der Waals surface area contributed by atoms with Crippen molar-refractivity contribution >= 4 is 21.9 Å². The number of nitrogens with zero attached hydrogens (tertiary/aromatic N) is 2. The largest absolute Gasteiger partial charge is 0.481 e. The van der Waals surface area contributed by atoms with Crippen LogP contribution in [-0.2, 0) is 11.3 Å². The van der Waals surface area contributed by atoms with E-state index in [1.165, 1.54) is 0 Å². The summed E-state index contributed by atoms with van der Waals surface area (Å²) in [7, 11) is 0. The van der Waals surface area contributed by atoms with Gasteiger partial charge in [-0.2, -0.15) is 0 Å². The van der Waals surface area contributed by atoms with Gasteiger partial charge in [-0.15, -0.1) is 0 Å². The Morgan fingerprint density at radius 1 is 1.56 bits per heavy atom. The minimum atomic E-state index is -0.700. The molecule has 2 heterocycles. The molecule has 1 N–H and O–H groups in total. The molecule has 0 aliphatic carbocycles. The SMILES string of the molecule is O=C(O)CC1CN(Cc2cncc(Br)c2)C1. The van der Waals surface area contributed by atoms with Gasteiger partial charge in [-0.05, 0) is 33.5 Å². The lowest BCUT2D eigenvalue weighted by Crippen LogP contribution is -2.46. The van der Waals surface area contributed by atoms with Crippen molar-refractivity contribution in [3.63, 3.8) is 0 Å². The number of aromatic nitrogens is 1. The van der Waals surface area contributed by atoms with Gasteiger partial charge in [-0.25, -0.2) is 0 Å². The quantitative estimate of drug-likeness (QED) is 0.915. The summed E-state index contributed by atoms with van der Waals surface area (Å²) in [6.45, 7) is 2.60. The van der Waals surface area contributed by atoms with E-state index in [-0.39, 0.29) is 6.42 Å². The Kier molecular flexibility index (Phi) is 3.56. The third-order valence-corrected chi connectivity index (χ3v) is 3.10. The van der Waals surface area contributed by atoms with Gasteiger partial charge in [-0.3, -0.25) is 14.7 Å². The maximum Gasteiger partial charge on any atom is 0.303 e. The van der Waals surface area contributed by atoms with Gasteiger partial charge < -0.3 is 5.11 Å². The molecular weight excluding hydrogens is 272 g/mol. The zero-order chi connectivity index (χ0) is 11.5. The molecule has 1 fully saturated rings. The fourth-order valence-corrected chi connectivity index (χ4v) is 2.39. The van der Waals surface area contributed by atoms with Gasteiger partial charge in [0, 0.05) is 36.5 Å². The molecule has 5 heteroatoms. The van der Waals surface area contributed by atoms with Crippen LogP contribution < -0.4 is 0 Å². The van der Waals surface area contributed by atoms with Crippen LogP contribution in [0.1, 0.15) is 12.0 Å². The van der Waals surface area contributed by atoms with E-state index in [2.05, 4.69) is 25.8 Å². The topological polar surface area (TPSA) is 53.4 Å². The lowest BCUT2D eigenvalue weighted by atomic mass is 9.96. The summed E-state index contributed by atoms with van der Waals surface area (Å²) in [5.74, 6) is -0.383. The third kappa shape index (κ3) is 3.02. The van der Waals surface area contributed by atoms with E-state index in [1.54, 1.807) is 6.20 Å². The second-order valence-corrected chi connectivity index (χ2v) is 5.09. The first-order valence-electron chi connectivity index (χ1n) is 5.17. The number of carboxylic acids is 1. The monoisotopic (exact) mass is 284 g/mol. The Balaban J connectivity index is 1.79. The number of carboxylic acid groups (broad SMARTS) is 1. The number of aliphatic carboxylic acids is 1. The number of hydrogen-bond donors (Lipinski definition) is 1. The number of carbonyl (C=O) groups is 1. The highest BCUT2D eigenvalue weighted by Gasteiger charge is 2.28. The van der Waals surface area contributed by atoms with Crippen LogP contribution in [0, 0.1) is 5.92 Å². The zero-order valence-electron chi connectivity index (χ0n) is 8.77. The minimum Gasteiger partial charge on any atom is -0.481 e. The molecule has 16 heavy (non-hydrogen) atoms. The average molecular weight is 285 g/mol. The van der Waals surface area contributed by atoms with Crippen molar-refractivity contribution in [3.8, 4) is 0 Å². The average Bonchev–Trinajstić information content (AvgIpc) is 2.14. The number of rotatable bonds is 4. The van der Waals surface area contributed by atoms with Gasteiger partial charge in [0.1, 0.15) is 0 Å². The van der Waals surface area contributed by atoms with Gasteiger partial charge >= 0.3 is 5.97 Å².